The predicted octanol–water partition coefficient (Wildman–Crippen LogP) is 0.290. The largest absolute Gasteiger partial charge is 0.328 e. The van der Waals surface area contributed by atoms with Crippen molar-refractivity contribution < 1.29 is 8.42 Å². The first kappa shape index (κ1) is 13.3. The van der Waals surface area contributed by atoms with Gasteiger partial charge in [-0.2, -0.15) is 12.7 Å². The van der Waals surface area contributed by atoms with Gasteiger partial charge in [0.05, 0.1) is 0 Å². The van der Waals surface area contributed by atoms with Crippen molar-refractivity contribution in [1.82, 2.24) is 9.03 Å². The van der Waals surface area contributed by atoms with Crippen molar-refractivity contribution in [3.63, 3.8) is 0 Å². The van der Waals surface area contributed by atoms with Crippen molar-refractivity contribution in [2.75, 3.05) is 19.6 Å². The van der Waals surface area contributed by atoms with E-state index < -0.39 is 10.2 Å². The van der Waals surface area contributed by atoms with Crippen molar-refractivity contribution in [2.24, 2.45) is 17.6 Å². The summed E-state index contributed by atoms with van der Waals surface area (Å²) in [5.41, 5.74) is 5.94. The molecule has 0 bridgehead atoms. The highest BCUT2D eigenvalue weighted by molar-refractivity contribution is 7.87. The van der Waals surface area contributed by atoms with Gasteiger partial charge in [0, 0.05) is 25.7 Å². The van der Waals surface area contributed by atoms with Gasteiger partial charge >= 0.3 is 0 Å². The molecule has 0 radical (unpaired) electrons. The number of hydrogen-bond donors (Lipinski definition) is 2. The Balaban J connectivity index is 1.97. The number of rotatable bonds is 4. The van der Waals surface area contributed by atoms with Gasteiger partial charge in [-0.3, -0.25) is 0 Å². The Morgan fingerprint density at radius 1 is 1.29 bits per heavy atom. The molecule has 0 spiro atoms. The molecule has 2 rings (SSSR count). The lowest BCUT2D eigenvalue weighted by Crippen LogP contribution is -2.39. The fourth-order valence-electron chi connectivity index (χ4n) is 2.94. The highest BCUT2D eigenvalue weighted by atomic mass is 32.2. The molecule has 2 aliphatic rings. The van der Waals surface area contributed by atoms with Crippen LogP contribution in [-0.4, -0.2) is 38.4 Å². The lowest BCUT2D eigenvalue weighted by molar-refractivity contribution is 0.271. The van der Waals surface area contributed by atoms with Gasteiger partial charge in [0.2, 0.25) is 0 Å². The van der Waals surface area contributed by atoms with Crippen LogP contribution in [0.25, 0.3) is 0 Å². The fourth-order valence-corrected chi connectivity index (χ4v) is 4.36. The average molecular weight is 261 g/mol. The third-order valence-corrected chi connectivity index (χ3v) is 5.48. The summed E-state index contributed by atoms with van der Waals surface area (Å²) in [7, 11) is -3.26. The molecular weight excluding hydrogens is 238 g/mol. The minimum Gasteiger partial charge on any atom is -0.328 e. The summed E-state index contributed by atoms with van der Waals surface area (Å²) in [5, 5.41) is 0. The Kier molecular flexibility index (Phi) is 4.07. The van der Waals surface area contributed by atoms with E-state index >= 15 is 0 Å². The summed E-state index contributed by atoms with van der Waals surface area (Å²) in [6.07, 6.45) is 3.92. The van der Waals surface area contributed by atoms with Gasteiger partial charge in [0.1, 0.15) is 0 Å². The Hall–Kier alpha value is -0.170. The van der Waals surface area contributed by atoms with Gasteiger partial charge in [0.15, 0.2) is 0 Å². The van der Waals surface area contributed by atoms with E-state index in [4.69, 9.17) is 5.73 Å². The average Bonchev–Trinajstić information content (AvgIpc) is 2.70. The monoisotopic (exact) mass is 261 g/mol. The molecule has 1 aliphatic carbocycles. The highest BCUT2D eigenvalue weighted by Gasteiger charge is 2.40. The second-order valence-electron chi connectivity index (χ2n) is 5.31. The topological polar surface area (TPSA) is 75.4 Å². The first-order valence-electron chi connectivity index (χ1n) is 6.53. The van der Waals surface area contributed by atoms with Crippen molar-refractivity contribution in [3.05, 3.63) is 0 Å². The second-order valence-corrected chi connectivity index (χ2v) is 7.06. The Morgan fingerprint density at radius 3 is 2.71 bits per heavy atom. The van der Waals surface area contributed by atoms with E-state index in [0.29, 0.717) is 31.5 Å². The molecule has 5 nitrogen and oxygen atoms in total. The van der Waals surface area contributed by atoms with Gasteiger partial charge in [0.25, 0.3) is 10.2 Å². The van der Waals surface area contributed by atoms with Crippen LogP contribution in [0.15, 0.2) is 0 Å². The van der Waals surface area contributed by atoms with E-state index in [1.54, 1.807) is 4.31 Å². The van der Waals surface area contributed by atoms with Crippen LogP contribution < -0.4 is 10.5 Å². The van der Waals surface area contributed by atoms with Crippen molar-refractivity contribution in [3.8, 4) is 0 Å². The maximum absolute atomic E-state index is 12.0. The number of hydrogen-bond acceptors (Lipinski definition) is 3. The lowest BCUT2D eigenvalue weighted by atomic mass is 9.79. The molecule has 1 aliphatic heterocycles. The highest BCUT2D eigenvalue weighted by Crippen LogP contribution is 2.36. The van der Waals surface area contributed by atoms with Gasteiger partial charge in [-0.05, 0) is 37.5 Å². The molecule has 0 aromatic rings. The Bertz CT molecular complexity index is 358. The van der Waals surface area contributed by atoms with E-state index in [9.17, 15) is 8.42 Å². The molecule has 1 saturated heterocycles. The van der Waals surface area contributed by atoms with Crippen LogP contribution in [-0.2, 0) is 10.2 Å². The van der Waals surface area contributed by atoms with Gasteiger partial charge in [-0.25, -0.2) is 4.72 Å². The molecule has 17 heavy (non-hydrogen) atoms. The van der Waals surface area contributed by atoms with Crippen LogP contribution in [0.5, 0.6) is 0 Å². The molecule has 0 amide bonds. The zero-order valence-electron chi connectivity index (χ0n) is 10.4. The third-order valence-electron chi connectivity index (χ3n) is 3.93. The SMILES string of the molecule is CCCNS(=O)(=O)N1C[C@H]2CCC(N)C[C@H]2C1. The Labute approximate surface area is 104 Å². The summed E-state index contributed by atoms with van der Waals surface area (Å²) < 4.78 is 28.2. The van der Waals surface area contributed by atoms with Crippen molar-refractivity contribution in [1.29, 1.82) is 0 Å². The summed E-state index contributed by atoms with van der Waals surface area (Å²) >= 11 is 0. The molecule has 0 aromatic carbocycles. The number of nitrogens with two attached hydrogens (primary N) is 1. The van der Waals surface area contributed by atoms with Gasteiger partial charge < -0.3 is 5.73 Å². The maximum Gasteiger partial charge on any atom is 0.279 e. The van der Waals surface area contributed by atoms with Gasteiger partial charge in [-0.15, -0.1) is 0 Å². The molecule has 1 unspecified atom stereocenters. The van der Waals surface area contributed by atoms with E-state index in [2.05, 4.69) is 4.72 Å². The second kappa shape index (κ2) is 5.22. The summed E-state index contributed by atoms with van der Waals surface area (Å²) in [6, 6.07) is 0.266. The van der Waals surface area contributed by atoms with Crippen LogP contribution >= 0.6 is 0 Å². The fraction of sp³-hybridized carbons (Fsp3) is 1.00. The van der Waals surface area contributed by atoms with E-state index in [0.717, 1.165) is 25.7 Å². The number of nitrogens with zero attached hydrogens (tertiary/aromatic N) is 1. The standard InChI is InChI=1S/C11H23N3O2S/c1-2-5-13-17(15,16)14-7-9-3-4-11(12)6-10(9)8-14/h9-11,13H,2-8,12H2,1H3/t9-,10+,11?/m1/s1. The van der Waals surface area contributed by atoms with E-state index in [1.165, 1.54) is 0 Å². The molecular formula is C11H23N3O2S. The zero-order valence-corrected chi connectivity index (χ0v) is 11.2. The van der Waals surface area contributed by atoms with Crippen molar-refractivity contribution >= 4 is 10.2 Å². The summed E-state index contributed by atoms with van der Waals surface area (Å²) in [6.45, 7) is 3.81. The van der Waals surface area contributed by atoms with Crippen LogP contribution in [0.1, 0.15) is 32.6 Å². The predicted molar refractivity (Wildman–Crippen MR) is 67.6 cm³/mol. The minimum absolute atomic E-state index is 0.266. The van der Waals surface area contributed by atoms with E-state index in [-0.39, 0.29) is 6.04 Å². The molecule has 6 heteroatoms. The molecule has 0 aromatic heterocycles. The van der Waals surface area contributed by atoms with Crippen LogP contribution in [0.4, 0.5) is 0 Å². The minimum atomic E-state index is -3.26. The zero-order chi connectivity index (χ0) is 12.5. The maximum atomic E-state index is 12.0. The quantitative estimate of drug-likeness (QED) is 0.764. The van der Waals surface area contributed by atoms with Crippen LogP contribution in [0.2, 0.25) is 0 Å². The number of nitrogens with one attached hydrogen (secondary N) is 1. The summed E-state index contributed by atoms with van der Waals surface area (Å²) in [4.78, 5) is 0. The molecule has 100 valence electrons. The van der Waals surface area contributed by atoms with Crippen molar-refractivity contribution in [2.45, 2.75) is 38.6 Å². The van der Waals surface area contributed by atoms with Crippen LogP contribution in [0, 0.1) is 11.8 Å². The van der Waals surface area contributed by atoms with Crippen LogP contribution in [0.3, 0.4) is 0 Å². The third kappa shape index (κ3) is 2.99. The Morgan fingerprint density at radius 2 is 2.00 bits per heavy atom. The lowest BCUT2D eigenvalue weighted by Gasteiger charge is -2.28. The molecule has 3 atom stereocenters. The van der Waals surface area contributed by atoms with E-state index in [1.807, 2.05) is 6.92 Å². The first-order chi connectivity index (χ1) is 8.03. The molecule has 1 saturated carbocycles. The number of fused-ring (bicyclic) bond motifs is 1. The van der Waals surface area contributed by atoms with Gasteiger partial charge in [-0.1, -0.05) is 6.92 Å². The molecule has 3 N–H and O–H groups in total. The smallest absolute Gasteiger partial charge is 0.279 e. The first-order valence-corrected chi connectivity index (χ1v) is 7.97. The normalized spacial score (nSPS) is 34.8. The molecule has 2 fully saturated rings. The summed E-state index contributed by atoms with van der Waals surface area (Å²) in [5.74, 6) is 0.991. The molecule has 1 heterocycles.